The van der Waals surface area contributed by atoms with Crippen LogP contribution < -0.4 is 0 Å². The third-order valence-electron chi connectivity index (χ3n) is 10.0. The van der Waals surface area contributed by atoms with Crippen LogP contribution >= 0.6 is 0 Å². The molecule has 4 aliphatic carbocycles. The van der Waals surface area contributed by atoms with E-state index in [9.17, 15) is 4.79 Å². The Balaban J connectivity index is 1.50. The van der Waals surface area contributed by atoms with Gasteiger partial charge >= 0.3 is 5.97 Å². The third kappa shape index (κ3) is 4.18. The number of hydrogen-bond acceptors (Lipinski definition) is 2. The highest BCUT2D eigenvalue weighted by molar-refractivity contribution is 5.66. The van der Waals surface area contributed by atoms with Crippen molar-refractivity contribution in [3.63, 3.8) is 0 Å². The standard InChI is InChI=1S/C29H46O2/c1-19(2)8-7-9-20(3)25-12-13-26-24-11-10-22-18-23(31-21(4)30)14-16-28(22,5)27(24)15-17-29(25,26)6/h10-11,19-20,22-23,25-26H,7-9,12-18H2,1-6H3/t20-,22+,23-,25-,26+,28+,29+/m1/s1. The van der Waals surface area contributed by atoms with Crippen molar-refractivity contribution in [3.8, 4) is 0 Å². The Hall–Kier alpha value is -1.05. The number of rotatable bonds is 6. The molecule has 174 valence electrons. The molecular formula is C29H46O2. The molecule has 0 aromatic rings. The number of ether oxygens (including phenoxy) is 1. The molecule has 0 heterocycles. The van der Waals surface area contributed by atoms with Crippen LogP contribution in [0.2, 0.25) is 0 Å². The first kappa shape index (κ1) is 23.1. The lowest BCUT2D eigenvalue weighted by atomic mass is 9.52. The molecule has 2 heteroatoms. The summed E-state index contributed by atoms with van der Waals surface area (Å²) in [5, 5.41) is 0. The van der Waals surface area contributed by atoms with Crippen LogP contribution in [0.3, 0.4) is 0 Å². The Morgan fingerprint density at radius 1 is 1.13 bits per heavy atom. The maximum atomic E-state index is 11.5. The van der Waals surface area contributed by atoms with Crippen molar-refractivity contribution in [1.82, 2.24) is 0 Å². The summed E-state index contributed by atoms with van der Waals surface area (Å²) >= 11 is 0. The molecule has 0 bridgehead atoms. The van der Waals surface area contributed by atoms with E-state index in [2.05, 4.69) is 46.8 Å². The SMILES string of the molecule is CC(=O)O[C@@H]1CC[C@]2(C)C3=C(C=C[C@H]2C1)[C@@H]1CC[C@H]([C@H](C)CCCC(C)C)[C@]1(C)CC3. The van der Waals surface area contributed by atoms with Crippen molar-refractivity contribution >= 4 is 5.97 Å². The maximum absolute atomic E-state index is 11.5. The second-order valence-corrected chi connectivity index (χ2v) is 12.4. The van der Waals surface area contributed by atoms with Gasteiger partial charge in [-0.2, -0.15) is 0 Å². The summed E-state index contributed by atoms with van der Waals surface area (Å²) in [6.07, 6.45) is 18.0. The van der Waals surface area contributed by atoms with Gasteiger partial charge < -0.3 is 4.74 Å². The molecule has 0 saturated heterocycles. The van der Waals surface area contributed by atoms with Gasteiger partial charge in [0.05, 0.1) is 0 Å². The van der Waals surface area contributed by atoms with Crippen LogP contribution in [0.5, 0.6) is 0 Å². The van der Waals surface area contributed by atoms with E-state index in [0.29, 0.717) is 11.3 Å². The van der Waals surface area contributed by atoms with E-state index in [4.69, 9.17) is 4.74 Å². The van der Waals surface area contributed by atoms with E-state index < -0.39 is 0 Å². The van der Waals surface area contributed by atoms with E-state index in [1.807, 2.05) is 0 Å². The van der Waals surface area contributed by atoms with Gasteiger partial charge in [0, 0.05) is 6.92 Å². The summed E-state index contributed by atoms with van der Waals surface area (Å²) in [5.74, 6) is 3.73. The first-order chi connectivity index (χ1) is 14.6. The van der Waals surface area contributed by atoms with E-state index in [1.165, 1.54) is 44.9 Å². The Bertz CT molecular complexity index is 746. The van der Waals surface area contributed by atoms with Crippen LogP contribution in [0.25, 0.3) is 0 Å². The van der Waals surface area contributed by atoms with Gasteiger partial charge in [0.25, 0.3) is 0 Å². The van der Waals surface area contributed by atoms with Crippen LogP contribution in [-0.4, -0.2) is 12.1 Å². The molecule has 0 radical (unpaired) electrons. The van der Waals surface area contributed by atoms with Crippen molar-refractivity contribution in [2.75, 3.05) is 0 Å². The van der Waals surface area contributed by atoms with Gasteiger partial charge in [-0.05, 0) is 90.9 Å². The Kier molecular flexibility index (Phi) is 6.50. The molecule has 4 aliphatic rings. The van der Waals surface area contributed by atoms with Gasteiger partial charge in [0.2, 0.25) is 0 Å². The predicted molar refractivity (Wildman–Crippen MR) is 129 cm³/mol. The number of esters is 1. The van der Waals surface area contributed by atoms with Gasteiger partial charge in [-0.25, -0.2) is 0 Å². The van der Waals surface area contributed by atoms with Crippen LogP contribution in [0.1, 0.15) is 106 Å². The zero-order valence-corrected chi connectivity index (χ0v) is 21.0. The van der Waals surface area contributed by atoms with Gasteiger partial charge in [0.15, 0.2) is 0 Å². The molecule has 0 aromatic carbocycles. The topological polar surface area (TPSA) is 26.3 Å². The van der Waals surface area contributed by atoms with E-state index in [1.54, 1.807) is 18.1 Å². The average Bonchev–Trinajstić information content (AvgIpc) is 3.05. The molecule has 0 N–H and O–H groups in total. The van der Waals surface area contributed by atoms with E-state index in [-0.39, 0.29) is 17.5 Å². The second kappa shape index (κ2) is 8.71. The molecule has 0 unspecified atom stereocenters. The number of fused-ring (bicyclic) bond motifs is 4. The highest BCUT2D eigenvalue weighted by Crippen LogP contribution is 2.64. The minimum atomic E-state index is -0.124. The molecule has 31 heavy (non-hydrogen) atoms. The van der Waals surface area contributed by atoms with Crippen molar-refractivity contribution in [1.29, 1.82) is 0 Å². The van der Waals surface area contributed by atoms with Crippen molar-refractivity contribution in [2.24, 2.45) is 40.4 Å². The van der Waals surface area contributed by atoms with Crippen LogP contribution in [0.4, 0.5) is 0 Å². The molecule has 2 fully saturated rings. The van der Waals surface area contributed by atoms with Crippen molar-refractivity contribution in [3.05, 3.63) is 23.3 Å². The Morgan fingerprint density at radius 2 is 1.90 bits per heavy atom. The molecule has 0 aliphatic heterocycles. The number of hydrogen-bond donors (Lipinski definition) is 0. The van der Waals surface area contributed by atoms with Crippen LogP contribution in [-0.2, 0) is 9.53 Å². The summed E-state index contributed by atoms with van der Waals surface area (Å²) in [6, 6.07) is 0. The first-order valence-electron chi connectivity index (χ1n) is 13.2. The minimum Gasteiger partial charge on any atom is -0.463 e. The Morgan fingerprint density at radius 3 is 2.61 bits per heavy atom. The number of allylic oxidation sites excluding steroid dienone is 4. The summed E-state index contributed by atoms with van der Waals surface area (Å²) in [7, 11) is 0. The third-order valence-corrected chi connectivity index (χ3v) is 10.0. The Labute approximate surface area is 191 Å². The zero-order chi connectivity index (χ0) is 22.4. The smallest absolute Gasteiger partial charge is 0.302 e. The van der Waals surface area contributed by atoms with Crippen LogP contribution in [0.15, 0.2) is 23.3 Å². The fourth-order valence-electron chi connectivity index (χ4n) is 8.23. The highest BCUT2D eigenvalue weighted by atomic mass is 16.5. The molecular weight excluding hydrogens is 380 g/mol. The quantitative estimate of drug-likeness (QED) is 0.404. The van der Waals surface area contributed by atoms with Crippen molar-refractivity contribution < 1.29 is 9.53 Å². The second-order valence-electron chi connectivity index (χ2n) is 12.4. The largest absolute Gasteiger partial charge is 0.463 e. The fourth-order valence-corrected chi connectivity index (χ4v) is 8.23. The molecule has 7 atom stereocenters. The van der Waals surface area contributed by atoms with Crippen LogP contribution in [0, 0.1) is 40.4 Å². The minimum absolute atomic E-state index is 0.110. The molecule has 2 saturated carbocycles. The molecule has 0 aromatic heterocycles. The summed E-state index contributed by atoms with van der Waals surface area (Å²) in [6.45, 7) is 14.0. The van der Waals surface area contributed by atoms with Gasteiger partial charge in [0.1, 0.15) is 6.10 Å². The molecule has 0 amide bonds. The zero-order valence-electron chi connectivity index (χ0n) is 21.0. The lowest BCUT2D eigenvalue weighted by Crippen LogP contribution is -2.44. The summed E-state index contributed by atoms with van der Waals surface area (Å²) < 4.78 is 5.60. The highest BCUT2D eigenvalue weighted by Gasteiger charge is 2.55. The fraction of sp³-hybridized carbons (Fsp3) is 0.828. The first-order valence-corrected chi connectivity index (χ1v) is 13.2. The predicted octanol–water partition coefficient (Wildman–Crippen LogP) is 7.88. The van der Waals surface area contributed by atoms with Gasteiger partial charge in [-0.3, -0.25) is 4.79 Å². The van der Waals surface area contributed by atoms with E-state index >= 15 is 0 Å². The summed E-state index contributed by atoms with van der Waals surface area (Å²) in [4.78, 5) is 11.5. The van der Waals surface area contributed by atoms with Crippen molar-refractivity contribution in [2.45, 2.75) is 112 Å². The molecule has 0 spiro atoms. The lowest BCUT2D eigenvalue weighted by molar-refractivity contribution is -0.149. The normalized spacial score (nSPS) is 40.4. The number of carbonyl (C=O) groups excluding carboxylic acids is 1. The average molecular weight is 427 g/mol. The van der Waals surface area contributed by atoms with Gasteiger partial charge in [-0.15, -0.1) is 0 Å². The summed E-state index contributed by atoms with van der Waals surface area (Å²) in [5.41, 5.74) is 4.26. The molecule has 2 nitrogen and oxygen atoms in total. The van der Waals surface area contributed by atoms with Gasteiger partial charge in [-0.1, -0.05) is 71.6 Å². The molecule has 4 rings (SSSR count). The van der Waals surface area contributed by atoms with E-state index in [0.717, 1.165) is 42.9 Å². The maximum Gasteiger partial charge on any atom is 0.302 e. The monoisotopic (exact) mass is 426 g/mol. The number of carbonyl (C=O) groups is 1. The lowest BCUT2D eigenvalue weighted by Gasteiger charge is -2.53.